The summed E-state index contributed by atoms with van der Waals surface area (Å²) in [6, 6.07) is 14.2. The number of carbonyl (C=O) groups is 2. The molecular weight excluding hydrogens is 356 g/mol. The van der Waals surface area contributed by atoms with Crippen molar-refractivity contribution in [3.8, 4) is 11.5 Å². The van der Waals surface area contributed by atoms with Gasteiger partial charge in [-0.2, -0.15) is 0 Å². The molecule has 0 aliphatic carbocycles. The molecule has 0 saturated carbocycles. The van der Waals surface area contributed by atoms with Gasteiger partial charge in [-0.1, -0.05) is 38.5 Å². The smallest absolute Gasteiger partial charge is 0.343 e. The molecule has 0 fully saturated rings. The molecular formula is C23H26O5. The van der Waals surface area contributed by atoms with Crippen molar-refractivity contribution in [2.75, 3.05) is 13.2 Å². The van der Waals surface area contributed by atoms with Gasteiger partial charge in [-0.15, -0.1) is 0 Å². The van der Waals surface area contributed by atoms with E-state index in [0.29, 0.717) is 17.1 Å². The second-order valence-corrected chi connectivity index (χ2v) is 6.24. The van der Waals surface area contributed by atoms with Gasteiger partial charge in [0.1, 0.15) is 24.7 Å². The molecule has 0 spiro atoms. The molecule has 0 aromatic heterocycles. The lowest BCUT2D eigenvalue weighted by Gasteiger charge is -2.08. The maximum atomic E-state index is 12.3. The van der Waals surface area contributed by atoms with Crippen LogP contribution in [-0.4, -0.2) is 25.2 Å². The monoisotopic (exact) mass is 382 g/mol. The maximum Gasteiger partial charge on any atom is 0.343 e. The lowest BCUT2D eigenvalue weighted by atomic mass is 10.1. The first-order chi connectivity index (χ1) is 13.6. The first-order valence-corrected chi connectivity index (χ1v) is 9.45. The number of esters is 2. The molecule has 0 atom stereocenters. The molecule has 148 valence electrons. The summed E-state index contributed by atoms with van der Waals surface area (Å²) in [5.41, 5.74) is 1.67. The van der Waals surface area contributed by atoms with Crippen LogP contribution in [-0.2, 0) is 16.0 Å². The van der Waals surface area contributed by atoms with Gasteiger partial charge in [0.05, 0.1) is 5.56 Å². The second-order valence-electron chi connectivity index (χ2n) is 6.24. The number of hydrogen-bond acceptors (Lipinski definition) is 5. The van der Waals surface area contributed by atoms with Crippen LogP contribution in [0.4, 0.5) is 0 Å². The Morgan fingerprint density at radius 3 is 2.25 bits per heavy atom. The van der Waals surface area contributed by atoms with Crippen molar-refractivity contribution in [2.24, 2.45) is 0 Å². The van der Waals surface area contributed by atoms with Gasteiger partial charge in [-0.3, -0.25) is 0 Å². The Labute approximate surface area is 165 Å². The Morgan fingerprint density at radius 2 is 1.61 bits per heavy atom. The average molecular weight is 382 g/mol. The largest absolute Gasteiger partial charge is 0.490 e. The second kappa shape index (κ2) is 11.6. The summed E-state index contributed by atoms with van der Waals surface area (Å²) in [6.45, 7) is 5.84. The Balaban J connectivity index is 1.80. The standard InChI is InChI=1S/C23H26O5/c1-3-5-6-7-18-8-12-21(13-9-18)28-23(25)19-10-14-20(15-11-19)26-16-17-27-22(24)4-2/h4,8-15H,2-3,5-7,16-17H2,1H3. The number of hydrogen-bond donors (Lipinski definition) is 0. The zero-order valence-corrected chi connectivity index (χ0v) is 16.2. The van der Waals surface area contributed by atoms with Gasteiger partial charge in [0.25, 0.3) is 0 Å². The molecule has 2 aromatic carbocycles. The Kier molecular flexibility index (Phi) is 8.79. The highest BCUT2D eigenvalue weighted by Gasteiger charge is 2.09. The van der Waals surface area contributed by atoms with Crippen LogP contribution in [0.5, 0.6) is 11.5 Å². The minimum absolute atomic E-state index is 0.128. The van der Waals surface area contributed by atoms with E-state index in [2.05, 4.69) is 13.5 Å². The molecule has 0 saturated heterocycles. The predicted octanol–water partition coefficient (Wildman–Crippen LogP) is 4.75. The topological polar surface area (TPSA) is 61.8 Å². The summed E-state index contributed by atoms with van der Waals surface area (Å²) in [5, 5.41) is 0. The first kappa shape index (κ1) is 21.2. The van der Waals surface area contributed by atoms with Crippen molar-refractivity contribution in [3.05, 3.63) is 72.3 Å². The fourth-order valence-electron chi connectivity index (χ4n) is 2.52. The fourth-order valence-corrected chi connectivity index (χ4v) is 2.52. The van der Waals surface area contributed by atoms with E-state index < -0.39 is 11.9 Å². The fraction of sp³-hybridized carbons (Fsp3) is 0.304. The van der Waals surface area contributed by atoms with Gasteiger partial charge in [0, 0.05) is 6.08 Å². The highest BCUT2D eigenvalue weighted by atomic mass is 16.6. The highest BCUT2D eigenvalue weighted by molar-refractivity contribution is 5.91. The van der Waals surface area contributed by atoms with Gasteiger partial charge in [0.15, 0.2) is 0 Å². The molecule has 5 heteroatoms. The molecule has 0 unspecified atom stereocenters. The average Bonchev–Trinajstić information content (AvgIpc) is 2.73. The van der Waals surface area contributed by atoms with Crippen molar-refractivity contribution in [1.82, 2.24) is 0 Å². The highest BCUT2D eigenvalue weighted by Crippen LogP contribution is 2.17. The van der Waals surface area contributed by atoms with E-state index in [4.69, 9.17) is 14.2 Å². The van der Waals surface area contributed by atoms with Crippen LogP contribution in [0.15, 0.2) is 61.2 Å². The molecule has 0 N–H and O–H groups in total. The summed E-state index contributed by atoms with van der Waals surface area (Å²) in [6.07, 6.45) is 5.72. The van der Waals surface area contributed by atoms with Crippen LogP contribution in [0.3, 0.4) is 0 Å². The summed E-state index contributed by atoms with van der Waals surface area (Å²) < 4.78 is 15.7. The Morgan fingerprint density at radius 1 is 0.929 bits per heavy atom. The summed E-state index contributed by atoms with van der Waals surface area (Å²) in [7, 11) is 0. The van der Waals surface area contributed by atoms with E-state index >= 15 is 0 Å². The zero-order chi connectivity index (χ0) is 20.2. The van der Waals surface area contributed by atoms with Crippen LogP contribution in [0, 0.1) is 0 Å². The van der Waals surface area contributed by atoms with Crippen molar-refractivity contribution >= 4 is 11.9 Å². The number of carbonyl (C=O) groups excluding carboxylic acids is 2. The van der Waals surface area contributed by atoms with E-state index in [-0.39, 0.29) is 13.2 Å². The van der Waals surface area contributed by atoms with Crippen molar-refractivity contribution in [3.63, 3.8) is 0 Å². The number of ether oxygens (including phenoxy) is 3. The van der Waals surface area contributed by atoms with Crippen LogP contribution >= 0.6 is 0 Å². The van der Waals surface area contributed by atoms with Crippen molar-refractivity contribution in [2.45, 2.75) is 32.6 Å². The Hall–Kier alpha value is -3.08. The van der Waals surface area contributed by atoms with Gasteiger partial charge < -0.3 is 14.2 Å². The molecule has 0 heterocycles. The van der Waals surface area contributed by atoms with Gasteiger partial charge in [-0.25, -0.2) is 9.59 Å². The Bertz CT molecular complexity index is 763. The van der Waals surface area contributed by atoms with Crippen molar-refractivity contribution in [1.29, 1.82) is 0 Å². The molecule has 0 radical (unpaired) electrons. The molecule has 0 aliphatic rings. The van der Waals surface area contributed by atoms with Crippen LogP contribution < -0.4 is 9.47 Å². The van der Waals surface area contributed by atoms with Crippen molar-refractivity contribution < 1.29 is 23.8 Å². The van der Waals surface area contributed by atoms with E-state index in [0.717, 1.165) is 12.5 Å². The third-order valence-corrected chi connectivity index (χ3v) is 4.06. The van der Waals surface area contributed by atoms with E-state index in [1.807, 2.05) is 24.3 Å². The lowest BCUT2D eigenvalue weighted by molar-refractivity contribution is -0.138. The quantitative estimate of drug-likeness (QED) is 0.243. The summed E-state index contributed by atoms with van der Waals surface area (Å²) in [5.74, 6) is 0.178. The first-order valence-electron chi connectivity index (χ1n) is 9.45. The number of aryl methyl sites for hydroxylation is 1. The summed E-state index contributed by atoms with van der Waals surface area (Å²) in [4.78, 5) is 23.2. The molecule has 0 aliphatic heterocycles. The molecule has 2 rings (SSSR count). The molecule has 5 nitrogen and oxygen atoms in total. The van der Waals surface area contributed by atoms with Crippen LogP contribution in [0.1, 0.15) is 42.1 Å². The van der Waals surface area contributed by atoms with E-state index in [1.54, 1.807) is 24.3 Å². The third kappa shape index (κ3) is 7.27. The number of benzene rings is 2. The molecule has 0 bridgehead atoms. The van der Waals surface area contributed by atoms with Gasteiger partial charge >= 0.3 is 11.9 Å². The SMILES string of the molecule is C=CC(=O)OCCOc1ccc(C(=O)Oc2ccc(CCCCC)cc2)cc1. The van der Waals surface area contributed by atoms with Crippen LogP contribution in [0.25, 0.3) is 0 Å². The molecule has 2 aromatic rings. The third-order valence-electron chi connectivity index (χ3n) is 4.06. The van der Waals surface area contributed by atoms with Gasteiger partial charge in [-0.05, 0) is 54.8 Å². The maximum absolute atomic E-state index is 12.3. The minimum Gasteiger partial charge on any atom is -0.490 e. The van der Waals surface area contributed by atoms with Gasteiger partial charge in [0.2, 0.25) is 0 Å². The number of unbranched alkanes of at least 4 members (excludes halogenated alkanes) is 2. The van der Waals surface area contributed by atoms with Crippen LogP contribution in [0.2, 0.25) is 0 Å². The molecule has 0 amide bonds. The number of rotatable bonds is 11. The van der Waals surface area contributed by atoms with E-state index in [9.17, 15) is 9.59 Å². The predicted molar refractivity (Wildman–Crippen MR) is 108 cm³/mol. The lowest BCUT2D eigenvalue weighted by Crippen LogP contribution is -2.11. The zero-order valence-electron chi connectivity index (χ0n) is 16.2. The molecule has 28 heavy (non-hydrogen) atoms. The minimum atomic E-state index is -0.490. The van der Waals surface area contributed by atoms with E-state index in [1.165, 1.54) is 24.8 Å². The normalized spacial score (nSPS) is 10.2. The summed E-state index contributed by atoms with van der Waals surface area (Å²) >= 11 is 0.